The van der Waals surface area contributed by atoms with Crippen LogP contribution < -0.4 is 5.73 Å². The molecule has 1 aromatic heterocycles. The van der Waals surface area contributed by atoms with Gasteiger partial charge in [0.2, 0.25) is 5.89 Å². The lowest BCUT2D eigenvalue weighted by Crippen LogP contribution is -2.46. The number of nitrogen functional groups attached to an aromatic ring is 1. The van der Waals surface area contributed by atoms with Gasteiger partial charge in [-0.2, -0.15) is 0 Å². The third-order valence-electron chi connectivity index (χ3n) is 3.90. The Bertz CT molecular complexity index is 599. The number of benzene rings is 1. The van der Waals surface area contributed by atoms with Crippen molar-refractivity contribution in [2.45, 2.75) is 20.4 Å². The Morgan fingerprint density at radius 1 is 1.19 bits per heavy atom. The molecule has 1 fully saturated rings. The van der Waals surface area contributed by atoms with Gasteiger partial charge in [0.05, 0.1) is 6.54 Å². The van der Waals surface area contributed by atoms with E-state index in [-0.39, 0.29) is 0 Å². The van der Waals surface area contributed by atoms with Crippen molar-refractivity contribution in [3.63, 3.8) is 0 Å². The molecule has 1 saturated heterocycles. The Morgan fingerprint density at radius 2 is 1.90 bits per heavy atom. The SMILES string of the molecule is CC(C)CN1CCN(Cc2nc3ccc(N)cc3o2)CC1. The highest BCUT2D eigenvalue weighted by molar-refractivity contribution is 5.76. The molecule has 0 unspecified atom stereocenters. The van der Waals surface area contributed by atoms with Crippen LogP contribution in [0.4, 0.5) is 5.69 Å². The van der Waals surface area contributed by atoms with Gasteiger partial charge in [-0.25, -0.2) is 4.98 Å². The van der Waals surface area contributed by atoms with Crippen molar-refractivity contribution >= 4 is 16.8 Å². The number of nitrogens with zero attached hydrogens (tertiary/aromatic N) is 3. The van der Waals surface area contributed by atoms with Crippen LogP contribution in [0.1, 0.15) is 19.7 Å². The molecule has 1 aliphatic rings. The normalized spacial score (nSPS) is 17.9. The fourth-order valence-electron chi connectivity index (χ4n) is 2.89. The summed E-state index contributed by atoms with van der Waals surface area (Å²) in [6, 6.07) is 5.62. The molecule has 21 heavy (non-hydrogen) atoms. The van der Waals surface area contributed by atoms with Crippen LogP contribution in [0.25, 0.3) is 11.1 Å². The van der Waals surface area contributed by atoms with E-state index < -0.39 is 0 Å². The molecule has 0 amide bonds. The number of anilines is 1. The Labute approximate surface area is 125 Å². The van der Waals surface area contributed by atoms with Gasteiger partial charge in [-0.1, -0.05) is 13.8 Å². The lowest BCUT2D eigenvalue weighted by molar-refractivity contribution is 0.111. The first-order valence-corrected chi connectivity index (χ1v) is 7.70. The summed E-state index contributed by atoms with van der Waals surface area (Å²) in [5.41, 5.74) is 8.15. The Morgan fingerprint density at radius 3 is 2.62 bits per heavy atom. The first-order valence-electron chi connectivity index (χ1n) is 7.70. The van der Waals surface area contributed by atoms with Crippen molar-refractivity contribution < 1.29 is 4.42 Å². The maximum absolute atomic E-state index is 5.80. The van der Waals surface area contributed by atoms with Crippen molar-refractivity contribution in [2.24, 2.45) is 5.92 Å². The number of oxazole rings is 1. The summed E-state index contributed by atoms with van der Waals surface area (Å²) in [6.07, 6.45) is 0. The molecule has 3 rings (SSSR count). The minimum atomic E-state index is 0.715. The van der Waals surface area contributed by atoms with Crippen LogP contribution in [0.5, 0.6) is 0 Å². The number of nitrogens with two attached hydrogens (primary N) is 1. The fraction of sp³-hybridized carbons (Fsp3) is 0.562. The molecule has 0 atom stereocenters. The minimum Gasteiger partial charge on any atom is -0.439 e. The fourth-order valence-corrected chi connectivity index (χ4v) is 2.89. The van der Waals surface area contributed by atoms with E-state index in [2.05, 4.69) is 28.6 Å². The molecular formula is C16H24N4O. The molecule has 5 heteroatoms. The van der Waals surface area contributed by atoms with E-state index in [1.165, 1.54) is 6.54 Å². The first kappa shape index (κ1) is 14.4. The van der Waals surface area contributed by atoms with Crippen molar-refractivity contribution in [3.05, 3.63) is 24.1 Å². The quantitative estimate of drug-likeness (QED) is 0.874. The smallest absolute Gasteiger partial charge is 0.209 e. The summed E-state index contributed by atoms with van der Waals surface area (Å²) in [6.45, 7) is 10.9. The average Bonchev–Trinajstić information content (AvgIpc) is 2.82. The van der Waals surface area contributed by atoms with Gasteiger partial charge in [-0.15, -0.1) is 0 Å². The molecule has 2 N–H and O–H groups in total. The van der Waals surface area contributed by atoms with E-state index in [1.807, 2.05) is 18.2 Å². The van der Waals surface area contributed by atoms with Crippen molar-refractivity contribution in [3.8, 4) is 0 Å². The monoisotopic (exact) mass is 288 g/mol. The molecule has 0 saturated carbocycles. The number of aromatic nitrogens is 1. The summed E-state index contributed by atoms with van der Waals surface area (Å²) < 4.78 is 5.80. The number of piperazine rings is 1. The second-order valence-corrected chi connectivity index (χ2v) is 6.31. The Balaban J connectivity index is 1.59. The highest BCUT2D eigenvalue weighted by atomic mass is 16.3. The topological polar surface area (TPSA) is 58.5 Å². The Kier molecular flexibility index (Phi) is 4.12. The molecule has 0 spiro atoms. The standard InChI is InChI=1S/C16H24N4O/c1-12(2)10-19-5-7-20(8-6-19)11-16-18-14-4-3-13(17)9-15(14)21-16/h3-4,9,12H,5-8,10-11,17H2,1-2H3. The molecule has 1 aromatic carbocycles. The third-order valence-corrected chi connectivity index (χ3v) is 3.90. The zero-order valence-electron chi connectivity index (χ0n) is 12.9. The van der Waals surface area contributed by atoms with Gasteiger partial charge >= 0.3 is 0 Å². The third kappa shape index (κ3) is 3.54. The maximum Gasteiger partial charge on any atom is 0.209 e. The van der Waals surface area contributed by atoms with Crippen molar-refractivity contribution in [1.82, 2.24) is 14.8 Å². The van der Waals surface area contributed by atoms with Gasteiger partial charge in [0.1, 0.15) is 5.52 Å². The summed E-state index contributed by atoms with van der Waals surface area (Å²) >= 11 is 0. The van der Waals surface area contributed by atoms with Crippen molar-refractivity contribution in [2.75, 3.05) is 38.5 Å². The largest absolute Gasteiger partial charge is 0.439 e. The van der Waals surface area contributed by atoms with E-state index in [0.717, 1.165) is 55.6 Å². The van der Waals surface area contributed by atoms with Crippen LogP contribution in [0.3, 0.4) is 0 Å². The van der Waals surface area contributed by atoms with Gasteiger partial charge in [0, 0.05) is 44.5 Å². The molecule has 114 valence electrons. The lowest BCUT2D eigenvalue weighted by atomic mass is 10.2. The zero-order chi connectivity index (χ0) is 14.8. The second-order valence-electron chi connectivity index (χ2n) is 6.31. The number of fused-ring (bicyclic) bond motifs is 1. The summed E-state index contributed by atoms with van der Waals surface area (Å²) in [5.74, 6) is 1.52. The van der Waals surface area contributed by atoms with E-state index >= 15 is 0 Å². The van der Waals surface area contributed by atoms with Crippen molar-refractivity contribution in [1.29, 1.82) is 0 Å². The van der Waals surface area contributed by atoms with Crippen LogP contribution in [0.15, 0.2) is 22.6 Å². The first-order chi connectivity index (χ1) is 10.1. The number of hydrogen-bond donors (Lipinski definition) is 1. The van der Waals surface area contributed by atoms with Gasteiger partial charge in [-0.3, -0.25) is 4.90 Å². The van der Waals surface area contributed by atoms with Gasteiger partial charge in [-0.05, 0) is 18.1 Å². The van der Waals surface area contributed by atoms with E-state index in [9.17, 15) is 0 Å². The molecule has 5 nitrogen and oxygen atoms in total. The summed E-state index contributed by atoms with van der Waals surface area (Å²) in [7, 11) is 0. The predicted molar refractivity (Wildman–Crippen MR) is 85.0 cm³/mol. The molecule has 0 bridgehead atoms. The van der Waals surface area contributed by atoms with E-state index in [1.54, 1.807) is 0 Å². The van der Waals surface area contributed by atoms with Crippen LogP contribution >= 0.6 is 0 Å². The zero-order valence-corrected chi connectivity index (χ0v) is 12.9. The molecule has 0 aliphatic carbocycles. The van der Waals surface area contributed by atoms with Crippen LogP contribution in [0, 0.1) is 5.92 Å². The highest BCUT2D eigenvalue weighted by Crippen LogP contribution is 2.19. The van der Waals surface area contributed by atoms with E-state index in [4.69, 9.17) is 10.2 Å². The number of rotatable bonds is 4. The van der Waals surface area contributed by atoms with Gasteiger partial charge < -0.3 is 15.1 Å². The minimum absolute atomic E-state index is 0.715. The molecule has 1 aliphatic heterocycles. The van der Waals surface area contributed by atoms with Gasteiger partial charge in [0.15, 0.2) is 5.58 Å². The number of hydrogen-bond acceptors (Lipinski definition) is 5. The summed E-state index contributed by atoms with van der Waals surface area (Å²) in [5, 5.41) is 0. The molecule has 2 heterocycles. The highest BCUT2D eigenvalue weighted by Gasteiger charge is 2.19. The Hall–Kier alpha value is -1.59. The van der Waals surface area contributed by atoms with Crippen LogP contribution in [-0.2, 0) is 6.54 Å². The second kappa shape index (κ2) is 6.03. The van der Waals surface area contributed by atoms with Crippen LogP contribution in [0.2, 0.25) is 0 Å². The maximum atomic E-state index is 5.80. The van der Waals surface area contributed by atoms with E-state index in [0.29, 0.717) is 5.69 Å². The van der Waals surface area contributed by atoms with Gasteiger partial charge in [0.25, 0.3) is 0 Å². The van der Waals surface area contributed by atoms with Crippen LogP contribution in [-0.4, -0.2) is 47.5 Å². The molecule has 2 aromatic rings. The summed E-state index contributed by atoms with van der Waals surface area (Å²) in [4.78, 5) is 9.48. The molecular weight excluding hydrogens is 264 g/mol. The average molecular weight is 288 g/mol. The predicted octanol–water partition coefficient (Wildman–Crippen LogP) is 2.18. The lowest BCUT2D eigenvalue weighted by Gasteiger charge is -2.34. The molecule has 0 radical (unpaired) electrons.